The molecule has 4 heteroatoms. The minimum atomic E-state index is 0.617. The Bertz CT molecular complexity index is 382. The van der Waals surface area contributed by atoms with Crippen LogP contribution in [0.15, 0.2) is 22.7 Å². The van der Waals surface area contributed by atoms with Crippen LogP contribution in [0, 0.1) is 5.92 Å². The summed E-state index contributed by atoms with van der Waals surface area (Å²) in [6, 6.07) is 6.44. The Hall–Kier alpha value is -0.580. The van der Waals surface area contributed by atoms with Crippen LogP contribution in [0.1, 0.15) is 19.4 Å². The second kappa shape index (κ2) is 8.56. The highest BCUT2D eigenvalue weighted by atomic mass is 79.9. The first-order valence-corrected chi connectivity index (χ1v) is 7.60. The molecule has 1 aromatic carbocycles. The van der Waals surface area contributed by atoms with Gasteiger partial charge >= 0.3 is 0 Å². The molecule has 0 atom stereocenters. The fourth-order valence-corrected chi connectivity index (χ4v) is 2.58. The van der Waals surface area contributed by atoms with Crippen molar-refractivity contribution >= 4 is 21.6 Å². The average Bonchev–Trinajstić information content (AvgIpc) is 2.35. The largest absolute Gasteiger partial charge is 0.383 e. The molecule has 0 heterocycles. The maximum Gasteiger partial charge on any atom is 0.0637 e. The standard InChI is InChI=1S/C15H25BrN2O/c1-12(2)11-18(8-9-19-3)15-5-4-14(16)10-13(15)6-7-17/h4-5,10,12H,6-9,11,17H2,1-3H3. The number of ether oxygens (including phenoxy) is 1. The van der Waals surface area contributed by atoms with Gasteiger partial charge in [0.1, 0.15) is 0 Å². The molecule has 108 valence electrons. The van der Waals surface area contributed by atoms with Gasteiger partial charge in [0.05, 0.1) is 6.61 Å². The van der Waals surface area contributed by atoms with Crippen LogP contribution in [0.3, 0.4) is 0 Å². The summed E-state index contributed by atoms with van der Waals surface area (Å²) in [6.07, 6.45) is 0.899. The third-order valence-electron chi connectivity index (χ3n) is 2.95. The van der Waals surface area contributed by atoms with Crippen LogP contribution in [0.25, 0.3) is 0 Å². The Morgan fingerprint density at radius 2 is 2.11 bits per heavy atom. The van der Waals surface area contributed by atoms with E-state index in [4.69, 9.17) is 10.5 Å². The number of nitrogens with two attached hydrogens (primary N) is 1. The van der Waals surface area contributed by atoms with Crippen molar-refractivity contribution in [1.29, 1.82) is 0 Å². The molecule has 0 unspecified atom stereocenters. The summed E-state index contributed by atoms with van der Waals surface area (Å²) in [7, 11) is 1.75. The molecule has 1 rings (SSSR count). The molecule has 0 saturated carbocycles. The highest BCUT2D eigenvalue weighted by Crippen LogP contribution is 2.25. The highest BCUT2D eigenvalue weighted by molar-refractivity contribution is 9.10. The van der Waals surface area contributed by atoms with Gasteiger partial charge in [0.15, 0.2) is 0 Å². The minimum Gasteiger partial charge on any atom is -0.383 e. The zero-order valence-electron chi connectivity index (χ0n) is 12.2. The highest BCUT2D eigenvalue weighted by Gasteiger charge is 2.12. The van der Waals surface area contributed by atoms with Crippen molar-refractivity contribution < 1.29 is 4.74 Å². The number of hydrogen-bond acceptors (Lipinski definition) is 3. The molecule has 0 spiro atoms. The monoisotopic (exact) mass is 328 g/mol. The molecule has 0 aliphatic heterocycles. The van der Waals surface area contributed by atoms with Gasteiger partial charge in [0, 0.05) is 30.4 Å². The maximum atomic E-state index is 5.72. The zero-order chi connectivity index (χ0) is 14.3. The van der Waals surface area contributed by atoms with Gasteiger partial charge in [-0.3, -0.25) is 0 Å². The van der Waals surface area contributed by atoms with E-state index < -0.39 is 0 Å². The van der Waals surface area contributed by atoms with Crippen LogP contribution < -0.4 is 10.6 Å². The third-order valence-corrected chi connectivity index (χ3v) is 3.44. The summed E-state index contributed by atoms with van der Waals surface area (Å²) in [5.74, 6) is 0.617. The van der Waals surface area contributed by atoms with E-state index in [1.165, 1.54) is 11.3 Å². The van der Waals surface area contributed by atoms with Crippen molar-refractivity contribution in [2.75, 3.05) is 38.3 Å². The lowest BCUT2D eigenvalue weighted by Crippen LogP contribution is -2.32. The summed E-state index contributed by atoms with van der Waals surface area (Å²) in [4.78, 5) is 2.39. The molecular formula is C15H25BrN2O. The molecule has 0 saturated heterocycles. The van der Waals surface area contributed by atoms with Gasteiger partial charge in [-0.15, -0.1) is 0 Å². The summed E-state index contributed by atoms with van der Waals surface area (Å²) >= 11 is 3.53. The van der Waals surface area contributed by atoms with Crippen LogP contribution in [0.5, 0.6) is 0 Å². The van der Waals surface area contributed by atoms with E-state index in [-0.39, 0.29) is 0 Å². The zero-order valence-corrected chi connectivity index (χ0v) is 13.7. The predicted octanol–water partition coefficient (Wildman–Crippen LogP) is 3.06. The van der Waals surface area contributed by atoms with Crippen LogP contribution in [0.2, 0.25) is 0 Å². The second-order valence-corrected chi connectivity index (χ2v) is 6.06. The molecule has 0 aliphatic carbocycles. The van der Waals surface area contributed by atoms with Crippen molar-refractivity contribution in [3.05, 3.63) is 28.2 Å². The number of rotatable bonds is 8. The van der Waals surface area contributed by atoms with Gasteiger partial charge < -0.3 is 15.4 Å². The molecule has 0 fully saturated rings. The molecule has 1 aromatic rings. The Balaban J connectivity index is 2.98. The number of hydrogen-bond donors (Lipinski definition) is 1. The molecule has 2 N–H and O–H groups in total. The molecule has 0 bridgehead atoms. The van der Waals surface area contributed by atoms with Gasteiger partial charge in [0.25, 0.3) is 0 Å². The summed E-state index contributed by atoms with van der Waals surface area (Å²) < 4.78 is 6.33. The van der Waals surface area contributed by atoms with Crippen LogP contribution in [-0.2, 0) is 11.2 Å². The fraction of sp³-hybridized carbons (Fsp3) is 0.600. The lowest BCUT2D eigenvalue weighted by molar-refractivity contribution is 0.204. The van der Waals surface area contributed by atoms with Crippen LogP contribution >= 0.6 is 15.9 Å². The third kappa shape index (κ3) is 5.51. The number of halogens is 1. The molecule has 3 nitrogen and oxygen atoms in total. The van der Waals surface area contributed by atoms with Gasteiger partial charge in [0.2, 0.25) is 0 Å². The Morgan fingerprint density at radius 3 is 2.68 bits per heavy atom. The minimum absolute atomic E-state index is 0.617. The van der Waals surface area contributed by atoms with Gasteiger partial charge in [-0.1, -0.05) is 29.8 Å². The van der Waals surface area contributed by atoms with Crippen molar-refractivity contribution in [2.45, 2.75) is 20.3 Å². The maximum absolute atomic E-state index is 5.72. The topological polar surface area (TPSA) is 38.5 Å². The van der Waals surface area contributed by atoms with E-state index in [1.54, 1.807) is 7.11 Å². The normalized spacial score (nSPS) is 11.1. The number of anilines is 1. The van der Waals surface area contributed by atoms with Crippen molar-refractivity contribution in [1.82, 2.24) is 0 Å². The Morgan fingerprint density at radius 1 is 1.37 bits per heavy atom. The first-order chi connectivity index (χ1) is 9.08. The lowest BCUT2D eigenvalue weighted by Gasteiger charge is -2.28. The van der Waals surface area contributed by atoms with Crippen LogP contribution in [0.4, 0.5) is 5.69 Å². The van der Waals surface area contributed by atoms with E-state index in [0.29, 0.717) is 12.5 Å². The Kier molecular flexibility index (Phi) is 7.42. The van der Waals surface area contributed by atoms with Crippen LogP contribution in [-0.4, -0.2) is 33.4 Å². The molecule has 0 aliphatic rings. The molecule has 0 aromatic heterocycles. The molecule has 0 amide bonds. The van der Waals surface area contributed by atoms with E-state index in [0.717, 1.165) is 30.6 Å². The molecular weight excluding hydrogens is 304 g/mol. The number of methoxy groups -OCH3 is 1. The van der Waals surface area contributed by atoms with Gasteiger partial charge in [-0.25, -0.2) is 0 Å². The summed E-state index contributed by atoms with van der Waals surface area (Å²) in [6.45, 7) is 7.83. The average molecular weight is 329 g/mol. The SMILES string of the molecule is COCCN(CC(C)C)c1ccc(Br)cc1CCN. The predicted molar refractivity (Wildman–Crippen MR) is 85.8 cm³/mol. The van der Waals surface area contributed by atoms with Gasteiger partial charge in [-0.2, -0.15) is 0 Å². The lowest BCUT2D eigenvalue weighted by atomic mass is 10.1. The van der Waals surface area contributed by atoms with Crippen molar-refractivity contribution in [3.63, 3.8) is 0 Å². The second-order valence-electron chi connectivity index (χ2n) is 5.14. The van der Waals surface area contributed by atoms with Crippen molar-refractivity contribution in [2.24, 2.45) is 11.7 Å². The summed E-state index contributed by atoms with van der Waals surface area (Å²) in [5.41, 5.74) is 8.30. The first-order valence-electron chi connectivity index (χ1n) is 6.80. The first kappa shape index (κ1) is 16.5. The quantitative estimate of drug-likeness (QED) is 0.797. The van der Waals surface area contributed by atoms with E-state index >= 15 is 0 Å². The smallest absolute Gasteiger partial charge is 0.0637 e. The van der Waals surface area contributed by atoms with Gasteiger partial charge in [-0.05, 0) is 42.6 Å². The van der Waals surface area contributed by atoms with E-state index in [1.807, 2.05) is 0 Å². The molecule has 0 radical (unpaired) electrons. The van der Waals surface area contributed by atoms with E-state index in [2.05, 4.69) is 52.9 Å². The van der Waals surface area contributed by atoms with Crippen molar-refractivity contribution in [3.8, 4) is 0 Å². The fourth-order valence-electron chi connectivity index (χ4n) is 2.17. The molecule has 19 heavy (non-hydrogen) atoms. The summed E-state index contributed by atoms with van der Waals surface area (Å²) in [5, 5.41) is 0. The van der Waals surface area contributed by atoms with E-state index in [9.17, 15) is 0 Å². The Labute approximate surface area is 125 Å². The number of nitrogens with zero attached hydrogens (tertiary/aromatic N) is 1. The number of benzene rings is 1.